The van der Waals surface area contributed by atoms with E-state index in [1.165, 1.54) is 6.20 Å². The van der Waals surface area contributed by atoms with E-state index in [0.717, 1.165) is 0 Å². The molecule has 0 saturated carbocycles. The highest BCUT2D eigenvalue weighted by molar-refractivity contribution is 5.88. The molecule has 1 aromatic rings. The van der Waals surface area contributed by atoms with Gasteiger partial charge in [0.05, 0.1) is 12.2 Å². The predicted octanol–water partition coefficient (Wildman–Crippen LogP) is 1.87. The molecule has 1 aliphatic heterocycles. The van der Waals surface area contributed by atoms with Crippen LogP contribution in [0.1, 0.15) is 35.8 Å². The topological polar surface area (TPSA) is 58.4 Å². The summed E-state index contributed by atoms with van der Waals surface area (Å²) in [4.78, 5) is 13.0. The number of alkyl halides is 2. The molecule has 0 amide bonds. The molecule has 20 heavy (non-hydrogen) atoms. The Bertz CT molecular complexity index is 478. The van der Waals surface area contributed by atoms with Gasteiger partial charge in [0.2, 0.25) is 0 Å². The van der Waals surface area contributed by atoms with E-state index in [-0.39, 0.29) is 18.4 Å². The van der Waals surface area contributed by atoms with E-state index in [2.05, 4.69) is 5.10 Å². The zero-order chi connectivity index (χ0) is 14.8. The summed E-state index contributed by atoms with van der Waals surface area (Å²) in [7, 11) is 0. The Hall–Kier alpha value is -1.50. The largest absolute Gasteiger partial charge is 0.478 e. The third kappa shape index (κ3) is 3.53. The molecule has 112 valence electrons. The number of piperidine rings is 1. The molecule has 2 rings (SSSR count). The Labute approximate surface area is 116 Å². The fourth-order valence-electron chi connectivity index (χ4n) is 2.36. The van der Waals surface area contributed by atoms with Crippen molar-refractivity contribution in [3.05, 3.63) is 17.5 Å². The molecule has 5 nitrogen and oxygen atoms in total. The SMILES string of the molecule is CCc1nn(CCN2CCC(F)(F)CC2)cc1C(=O)O. The lowest BCUT2D eigenvalue weighted by molar-refractivity contribution is -0.0555. The molecule has 0 aromatic carbocycles. The van der Waals surface area contributed by atoms with Crippen LogP contribution in [0.3, 0.4) is 0 Å². The molecule has 1 aliphatic rings. The van der Waals surface area contributed by atoms with Crippen molar-refractivity contribution in [2.45, 2.75) is 38.7 Å². The van der Waals surface area contributed by atoms with Gasteiger partial charge in [-0.3, -0.25) is 4.68 Å². The number of hydrogen-bond acceptors (Lipinski definition) is 3. The molecule has 0 spiro atoms. The lowest BCUT2D eigenvalue weighted by Gasteiger charge is -2.31. The molecular formula is C13H19F2N3O2. The molecule has 2 heterocycles. The van der Waals surface area contributed by atoms with Crippen molar-refractivity contribution >= 4 is 5.97 Å². The number of aromatic carboxylic acids is 1. The summed E-state index contributed by atoms with van der Waals surface area (Å²) in [5.41, 5.74) is 0.778. The number of rotatable bonds is 5. The average molecular weight is 287 g/mol. The molecule has 0 unspecified atom stereocenters. The molecule has 1 N–H and O–H groups in total. The Morgan fingerprint density at radius 1 is 1.40 bits per heavy atom. The van der Waals surface area contributed by atoms with E-state index in [1.807, 2.05) is 11.8 Å². The minimum Gasteiger partial charge on any atom is -0.478 e. The van der Waals surface area contributed by atoms with Crippen molar-refractivity contribution in [2.24, 2.45) is 0 Å². The first kappa shape index (κ1) is 14.9. The third-order valence-corrected chi connectivity index (χ3v) is 3.64. The normalized spacial score (nSPS) is 19.1. The van der Waals surface area contributed by atoms with E-state index in [1.54, 1.807) is 4.68 Å². The Morgan fingerprint density at radius 2 is 2.05 bits per heavy atom. The Kier molecular flexibility index (Phi) is 4.37. The first-order valence-corrected chi connectivity index (χ1v) is 6.81. The van der Waals surface area contributed by atoms with Crippen LogP contribution in [0.2, 0.25) is 0 Å². The second-order valence-corrected chi connectivity index (χ2v) is 5.11. The van der Waals surface area contributed by atoms with Crippen molar-refractivity contribution in [1.82, 2.24) is 14.7 Å². The Balaban J connectivity index is 1.90. The van der Waals surface area contributed by atoms with Gasteiger partial charge in [0.25, 0.3) is 5.92 Å². The van der Waals surface area contributed by atoms with Gasteiger partial charge in [0.15, 0.2) is 0 Å². The van der Waals surface area contributed by atoms with Gasteiger partial charge in [0.1, 0.15) is 5.56 Å². The number of aryl methyl sites for hydroxylation is 1. The third-order valence-electron chi connectivity index (χ3n) is 3.64. The number of carboxylic acids is 1. The number of halogens is 2. The highest BCUT2D eigenvalue weighted by Crippen LogP contribution is 2.27. The molecule has 0 aliphatic carbocycles. The number of aromatic nitrogens is 2. The van der Waals surface area contributed by atoms with E-state index >= 15 is 0 Å². The van der Waals surface area contributed by atoms with Crippen LogP contribution in [0, 0.1) is 0 Å². The summed E-state index contributed by atoms with van der Waals surface area (Å²) in [6.07, 6.45) is 1.86. The molecule has 0 radical (unpaired) electrons. The van der Waals surface area contributed by atoms with Crippen molar-refractivity contribution < 1.29 is 18.7 Å². The molecule has 0 bridgehead atoms. The van der Waals surface area contributed by atoms with Gasteiger partial charge in [0, 0.05) is 38.7 Å². The van der Waals surface area contributed by atoms with Gasteiger partial charge in [-0.15, -0.1) is 0 Å². The van der Waals surface area contributed by atoms with Crippen LogP contribution in [0.15, 0.2) is 6.20 Å². The lowest BCUT2D eigenvalue weighted by Crippen LogP contribution is -2.40. The summed E-state index contributed by atoms with van der Waals surface area (Å²) in [6, 6.07) is 0. The van der Waals surface area contributed by atoms with Crippen LogP contribution in [0.25, 0.3) is 0 Å². The van der Waals surface area contributed by atoms with Crippen molar-refractivity contribution in [3.63, 3.8) is 0 Å². The second-order valence-electron chi connectivity index (χ2n) is 5.11. The quantitative estimate of drug-likeness (QED) is 0.898. The summed E-state index contributed by atoms with van der Waals surface area (Å²) in [6.45, 7) is 3.74. The molecule has 0 atom stereocenters. The maximum absolute atomic E-state index is 13.0. The fourth-order valence-corrected chi connectivity index (χ4v) is 2.36. The van der Waals surface area contributed by atoms with E-state index in [4.69, 9.17) is 5.11 Å². The van der Waals surface area contributed by atoms with Crippen LogP contribution < -0.4 is 0 Å². The zero-order valence-corrected chi connectivity index (χ0v) is 11.5. The maximum atomic E-state index is 13.0. The number of likely N-dealkylation sites (tertiary alicyclic amines) is 1. The molecule has 1 saturated heterocycles. The van der Waals surface area contributed by atoms with Crippen LogP contribution in [0.5, 0.6) is 0 Å². The van der Waals surface area contributed by atoms with Crippen LogP contribution in [-0.4, -0.2) is 51.3 Å². The first-order valence-electron chi connectivity index (χ1n) is 6.81. The van der Waals surface area contributed by atoms with E-state index in [0.29, 0.717) is 38.3 Å². The molecule has 1 fully saturated rings. The second kappa shape index (κ2) is 5.87. The average Bonchev–Trinajstić information content (AvgIpc) is 2.81. The van der Waals surface area contributed by atoms with Crippen molar-refractivity contribution in [1.29, 1.82) is 0 Å². The first-order chi connectivity index (χ1) is 9.41. The zero-order valence-electron chi connectivity index (χ0n) is 11.5. The number of hydrogen-bond donors (Lipinski definition) is 1. The standard InChI is InChI=1S/C13H19F2N3O2/c1-2-11-10(12(19)20)9-18(16-11)8-7-17-5-3-13(14,15)4-6-17/h9H,2-8H2,1H3,(H,19,20). The van der Waals surface area contributed by atoms with Gasteiger partial charge in [-0.25, -0.2) is 13.6 Å². The van der Waals surface area contributed by atoms with Crippen LogP contribution >= 0.6 is 0 Å². The molecule has 7 heteroatoms. The lowest BCUT2D eigenvalue weighted by atomic mass is 10.1. The van der Waals surface area contributed by atoms with E-state index < -0.39 is 11.9 Å². The predicted molar refractivity (Wildman–Crippen MR) is 69.2 cm³/mol. The Morgan fingerprint density at radius 3 is 2.55 bits per heavy atom. The van der Waals surface area contributed by atoms with Gasteiger partial charge >= 0.3 is 5.97 Å². The molecule has 1 aromatic heterocycles. The molecular weight excluding hydrogens is 268 g/mol. The minimum atomic E-state index is -2.53. The smallest absolute Gasteiger partial charge is 0.339 e. The summed E-state index contributed by atoms with van der Waals surface area (Å²) >= 11 is 0. The van der Waals surface area contributed by atoms with Gasteiger partial charge in [-0.05, 0) is 6.42 Å². The maximum Gasteiger partial charge on any atom is 0.339 e. The van der Waals surface area contributed by atoms with Crippen molar-refractivity contribution in [3.8, 4) is 0 Å². The highest BCUT2D eigenvalue weighted by atomic mass is 19.3. The number of carbonyl (C=O) groups is 1. The van der Waals surface area contributed by atoms with Crippen LogP contribution in [-0.2, 0) is 13.0 Å². The van der Waals surface area contributed by atoms with Crippen LogP contribution in [0.4, 0.5) is 8.78 Å². The minimum absolute atomic E-state index is 0.104. The summed E-state index contributed by atoms with van der Waals surface area (Å²) < 4.78 is 27.6. The summed E-state index contributed by atoms with van der Waals surface area (Å²) in [5.74, 6) is -3.51. The van der Waals surface area contributed by atoms with Gasteiger partial charge in [-0.1, -0.05) is 6.92 Å². The number of carboxylic acid groups (broad SMARTS) is 1. The number of nitrogens with zero attached hydrogens (tertiary/aromatic N) is 3. The van der Waals surface area contributed by atoms with Crippen molar-refractivity contribution in [2.75, 3.05) is 19.6 Å². The van der Waals surface area contributed by atoms with Gasteiger partial charge in [-0.2, -0.15) is 5.10 Å². The fraction of sp³-hybridized carbons (Fsp3) is 0.692. The van der Waals surface area contributed by atoms with Gasteiger partial charge < -0.3 is 10.0 Å². The highest BCUT2D eigenvalue weighted by Gasteiger charge is 2.33. The summed E-state index contributed by atoms with van der Waals surface area (Å²) in [5, 5.41) is 13.3. The monoisotopic (exact) mass is 287 g/mol. The van der Waals surface area contributed by atoms with E-state index in [9.17, 15) is 13.6 Å².